The molecule has 1 heterocycles. The molecule has 0 N–H and O–H groups in total. The zero-order chi connectivity index (χ0) is 13.5. The number of furan rings is 1. The van der Waals surface area contributed by atoms with Gasteiger partial charge in [-0.3, -0.25) is 0 Å². The molecular formula is C19H16O. The molecule has 0 bridgehead atoms. The predicted molar refractivity (Wildman–Crippen MR) is 83.6 cm³/mol. The van der Waals surface area contributed by atoms with Crippen molar-refractivity contribution < 1.29 is 4.42 Å². The van der Waals surface area contributed by atoms with Crippen LogP contribution in [0.1, 0.15) is 29.6 Å². The Labute approximate surface area is 118 Å². The number of hydrogen-bond acceptors (Lipinski definition) is 1. The molecule has 4 rings (SSSR count). The first-order valence-electron chi connectivity index (χ1n) is 7.15. The van der Waals surface area contributed by atoms with Gasteiger partial charge in [0.15, 0.2) is 0 Å². The Kier molecular flexibility index (Phi) is 2.53. The largest absolute Gasteiger partial charge is 0.461 e. The molecule has 0 saturated carbocycles. The van der Waals surface area contributed by atoms with Crippen molar-refractivity contribution in [3.8, 4) is 0 Å². The van der Waals surface area contributed by atoms with Crippen LogP contribution in [0.2, 0.25) is 0 Å². The van der Waals surface area contributed by atoms with Crippen LogP contribution < -0.4 is 0 Å². The Morgan fingerprint density at radius 2 is 1.90 bits per heavy atom. The number of fused-ring (bicyclic) bond motifs is 3. The topological polar surface area (TPSA) is 13.1 Å². The molecule has 98 valence electrons. The summed E-state index contributed by atoms with van der Waals surface area (Å²) in [5.41, 5.74) is 4.04. The Morgan fingerprint density at radius 1 is 1.00 bits per heavy atom. The van der Waals surface area contributed by atoms with E-state index in [1.807, 2.05) is 0 Å². The first kappa shape index (κ1) is 11.5. The monoisotopic (exact) mass is 260 g/mol. The van der Waals surface area contributed by atoms with Gasteiger partial charge in [0.25, 0.3) is 0 Å². The SMILES string of the molecule is CCc1ccc(C2=Cc3c(ccc4ccccc34)C2)o1. The lowest BCUT2D eigenvalue weighted by Gasteiger charge is -2.03. The van der Waals surface area contributed by atoms with Crippen molar-refractivity contribution in [1.29, 1.82) is 0 Å². The van der Waals surface area contributed by atoms with Crippen LogP contribution in [0.5, 0.6) is 0 Å². The number of rotatable bonds is 2. The van der Waals surface area contributed by atoms with Crippen LogP contribution in [0.4, 0.5) is 0 Å². The molecule has 0 saturated heterocycles. The van der Waals surface area contributed by atoms with Crippen molar-refractivity contribution in [3.05, 3.63) is 71.2 Å². The fourth-order valence-corrected chi connectivity index (χ4v) is 2.99. The second kappa shape index (κ2) is 4.38. The van der Waals surface area contributed by atoms with E-state index in [0.29, 0.717) is 0 Å². The predicted octanol–water partition coefficient (Wildman–Crippen LogP) is 5.09. The van der Waals surface area contributed by atoms with E-state index >= 15 is 0 Å². The average Bonchev–Trinajstić information content (AvgIpc) is 3.13. The van der Waals surface area contributed by atoms with Crippen molar-refractivity contribution in [1.82, 2.24) is 0 Å². The van der Waals surface area contributed by atoms with Gasteiger partial charge in [-0.15, -0.1) is 0 Å². The molecule has 0 aliphatic heterocycles. The minimum absolute atomic E-state index is 0.948. The molecule has 1 aliphatic carbocycles. The summed E-state index contributed by atoms with van der Waals surface area (Å²) in [7, 11) is 0. The maximum Gasteiger partial charge on any atom is 0.130 e. The summed E-state index contributed by atoms with van der Waals surface area (Å²) in [5.74, 6) is 2.07. The van der Waals surface area contributed by atoms with E-state index < -0.39 is 0 Å². The highest BCUT2D eigenvalue weighted by Gasteiger charge is 2.18. The molecule has 3 aromatic rings. The summed E-state index contributed by atoms with van der Waals surface area (Å²) in [5, 5.41) is 2.64. The molecule has 1 nitrogen and oxygen atoms in total. The Bertz CT molecular complexity index is 821. The van der Waals surface area contributed by atoms with Crippen molar-refractivity contribution in [2.24, 2.45) is 0 Å². The lowest BCUT2D eigenvalue weighted by Crippen LogP contribution is -1.85. The third-order valence-electron chi connectivity index (χ3n) is 4.09. The molecular weight excluding hydrogens is 244 g/mol. The summed E-state index contributed by atoms with van der Waals surface area (Å²) in [6.45, 7) is 2.12. The minimum Gasteiger partial charge on any atom is -0.461 e. The van der Waals surface area contributed by atoms with Gasteiger partial charge in [-0.1, -0.05) is 43.3 Å². The first-order valence-corrected chi connectivity index (χ1v) is 7.15. The molecule has 0 atom stereocenters. The molecule has 20 heavy (non-hydrogen) atoms. The molecule has 0 unspecified atom stereocenters. The van der Waals surface area contributed by atoms with Gasteiger partial charge in [-0.25, -0.2) is 0 Å². The quantitative estimate of drug-likeness (QED) is 0.625. The van der Waals surface area contributed by atoms with Gasteiger partial charge in [-0.05, 0) is 45.7 Å². The lowest BCUT2D eigenvalue weighted by molar-refractivity contribution is 0.503. The average molecular weight is 260 g/mol. The third-order valence-corrected chi connectivity index (χ3v) is 4.09. The van der Waals surface area contributed by atoms with Gasteiger partial charge in [0.05, 0.1) is 0 Å². The van der Waals surface area contributed by atoms with E-state index in [1.54, 1.807) is 0 Å². The standard InChI is InChI=1S/C19H16O/c1-2-16-9-10-19(20-16)15-11-14-8-7-13-5-3-4-6-17(13)18(14)12-15/h3-10,12H,2,11H2,1H3. The fourth-order valence-electron chi connectivity index (χ4n) is 2.99. The van der Waals surface area contributed by atoms with E-state index in [4.69, 9.17) is 4.42 Å². The highest BCUT2D eigenvalue weighted by atomic mass is 16.3. The lowest BCUT2D eigenvalue weighted by atomic mass is 10.0. The molecule has 1 aliphatic rings. The fraction of sp³-hybridized carbons (Fsp3) is 0.158. The van der Waals surface area contributed by atoms with E-state index in [0.717, 1.165) is 24.4 Å². The maximum absolute atomic E-state index is 5.89. The van der Waals surface area contributed by atoms with Crippen LogP contribution >= 0.6 is 0 Å². The van der Waals surface area contributed by atoms with Crippen LogP contribution in [0, 0.1) is 0 Å². The highest BCUT2D eigenvalue weighted by Crippen LogP contribution is 2.36. The molecule has 0 radical (unpaired) electrons. The summed E-state index contributed by atoms with van der Waals surface area (Å²) in [6, 6.07) is 17.2. The van der Waals surface area contributed by atoms with Gasteiger partial charge in [-0.2, -0.15) is 0 Å². The molecule has 0 fully saturated rings. The molecule has 1 aromatic heterocycles. The van der Waals surface area contributed by atoms with Gasteiger partial charge < -0.3 is 4.42 Å². The van der Waals surface area contributed by atoms with Crippen molar-refractivity contribution in [2.75, 3.05) is 0 Å². The third kappa shape index (κ3) is 1.70. The van der Waals surface area contributed by atoms with E-state index in [9.17, 15) is 0 Å². The second-order valence-electron chi connectivity index (χ2n) is 5.33. The van der Waals surface area contributed by atoms with Gasteiger partial charge in [0.1, 0.15) is 11.5 Å². The number of aryl methyl sites for hydroxylation is 1. The zero-order valence-corrected chi connectivity index (χ0v) is 11.5. The first-order chi connectivity index (χ1) is 9.85. The van der Waals surface area contributed by atoms with Crippen LogP contribution in [0.3, 0.4) is 0 Å². The maximum atomic E-state index is 5.89. The number of benzene rings is 2. The van der Waals surface area contributed by atoms with Gasteiger partial charge in [0.2, 0.25) is 0 Å². The smallest absolute Gasteiger partial charge is 0.130 e. The van der Waals surface area contributed by atoms with Crippen molar-refractivity contribution in [2.45, 2.75) is 19.8 Å². The molecule has 1 heteroatoms. The molecule has 0 spiro atoms. The normalized spacial score (nSPS) is 13.6. The molecule has 0 amide bonds. The zero-order valence-electron chi connectivity index (χ0n) is 11.5. The Hall–Kier alpha value is -2.28. The Morgan fingerprint density at radius 3 is 2.75 bits per heavy atom. The van der Waals surface area contributed by atoms with Crippen LogP contribution in [-0.4, -0.2) is 0 Å². The summed E-state index contributed by atoms with van der Waals surface area (Å²) < 4.78 is 5.89. The number of allylic oxidation sites excluding steroid dienone is 1. The van der Waals surface area contributed by atoms with E-state index in [2.05, 4.69) is 61.5 Å². The van der Waals surface area contributed by atoms with Crippen LogP contribution in [-0.2, 0) is 12.8 Å². The van der Waals surface area contributed by atoms with Gasteiger partial charge in [0, 0.05) is 12.8 Å². The summed E-state index contributed by atoms with van der Waals surface area (Å²) >= 11 is 0. The van der Waals surface area contributed by atoms with Crippen LogP contribution in [0.25, 0.3) is 22.4 Å². The molecule has 2 aromatic carbocycles. The van der Waals surface area contributed by atoms with E-state index in [1.165, 1.54) is 27.5 Å². The van der Waals surface area contributed by atoms with Gasteiger partial charge >= 0.3 is 0 Å². The Balaban J connectivity index is 1.84. The minimum atomic E-state index is 0.948. The summed E-state index contributed by atoms with van der Waals surface area (Å²) in [6.07, 6.45) is 4.20. The second-order valence-corrected chi connectivity index (χ2v) is 5.33. The number of hydrogen-bond donors (Lipinski definition) is 0. The highest BCUT2D eigenvalue weighted by molar-refractivity contribution is 6.00. The van der Waals surface area contributed by atoms with E-state index in [-0.39, 0.29) is 0 Å². The van der Waals surface area contributed by atoms with Crippen molar-refractivity contribution in [3.63, 3.8) is 0 Å². The van der Waals surface area contributed by atoms with Crippen LogP contribution in [0.15, 0.2) is 52.9 Å². The summed E-state index contributed by atoms with van der Waals surface area (Å²) in [4.78, 5) is 0. The van der Waals surface area contributed by atoms with Crippen molar-refractivity contribution >= 4 is 22.4 Å².